The van der Waals surface area contributed by atoms with Gasteiger partial charge in [-0.2, -0.15) is 0 Å². The fraction of sp³-hybridized carbons (Fsp3) is 0.182. The molecule has 1 amide bonds. The van der Waals surface area contributed by atoms with Crippen LogP contribution in [-0.4, -0.2) is 46.9 Å². The van der Waals surface area contributed by atoms with Crippen molar-refractivity contribution in [3.8, 4) is 22.8 Å². The molecule has 0 spiro atoms. The largest absolute Gasteiger partial charge is 0.507 e. The van der Waals surface area contributed by atoms with Crippen LogP contribution in [0.3, 0.4) is 0 Å². The zero-order valence-corrected chi connectivity index (χ0v) is 17.0. The molecule has 0 aliphatic carbocycles. The lowest BCUT2D eigenvalue weighted by Gasteiger charge is -2.11. The molecule has 1 heterocycles. The van der Waals surface area contributed by atoms with Gasteiger partial charge in [0, 0.05) is 23.7 Å². The van der Waals surface area contributed by atoms with Crippen molar-refractivity contribution in [3.63, 3.8) is 0 Å². The number of nitrogens with one attached hydrogen (secondary N) is 1. The fourth-order valence-electron chi connectivity index (χ4n) is 2.85. The molecule has 3 N–H and O–H groups in total. The van der Waals surface area contributed by atoms with Crippen molar-refractivity contribution in [1.29, 1.82) is 0 Å². The summed E-state index contributed by atoms with van der Waals surface area (Å²) in [6.45, 7) is 0.136. The number of carbonyl (C=O) groups excluding carboxylic acids is 2. The van der Waals surface area contributed by atoms with Gasteiger partial charge in [0.2, 0.25) is 5.91 Å². The van der Waals surface area contributed by atoms with Crippen LogP contribution in [0.25, 0.3) is 11.3 Å². The molecule has 0 bridgehead atoms. The van der Waals surface area contributed by atoms with E-state index in [1.807, 2.05) is 0 Å². The van der Waals surface area contributed by atoms with Crippen LogP contribution in [0.15, 0.2) is 53.1 Å². The summed E-state index contributed by atoms with van der Waals surface area (Å²) in [4.78, 5) is 35.0. The van der Waals surface area contributed by atoms with Crippen LogP contribution in [0.5, 0.6) is 11.5 Å². The van der Waals surface area contributed by atoms with Gasteiger partial charge in [0.15, 0.2) is 11.5 Å². The number of hydrogen-bond acceptors (Lipinski definition) is 8. The number of benzene rings is 2. The number of aromatic carboxylic acids is 1. The summed E-state index contributed by atoms with van der Waals surface area (Å²) in [6, 6.07) is 12.4. The van der Waals surface area contributed by atoms with Gasteiger partial charge in [-0.1, -0.05) is 23.4 Å². The number of nitrogens with zero attached hydrogens (tertiary/aromatic N) is 1. The highest BCUT2D eigenvalue weighted by Gasteiger charge is 2.18. The summed E-state index contributed by atoms with van der Waals surface area (Å²) >= 11 is 0. The van der Waals surface area contributed by atoms with Crippen molar-refractivity contribution in [2.75, 3.05) is 19.0 Å². The Labute approximate surface area is 182 Å². The van der Waals surface area contributed by atoms with E-state index in [9.17, 15) is 19.5 Å². The van der Waals surface area contributed by atoms with Crippen LogP contribution in [0.4, 0.5) is 5.69 Å². The number of phenolic OH excluding ortho intramolecular Hbond substituents is 1. The first kappa shape index (κ1) is 22.3. The third-order valence-corrected chi connectivity index (χ3v) is 4.36. The molecule has 3 rings (SSSR count). The molecule has 0 saturated carbocycles. The van der Waals surface area contributed by atoms with Crippen molar-refractivity contribution in [2.24, 2.45) is 0 Å². The second-order valence-electron chi connectivity index (χ2n) is 6.60. The number of rotatable bonds is 9. The number of anilines is 1. The zero-order chi connectivity index (χ0) is 23.1. The van der Waals surface area contributed by atoms with Crippen molar-refractivity contribution < 1.29 is 38.6 Å². The topological polar surface area (TPSA) is 148 Å². The van der Waals surface area contributed by atoms with E-state index in [-0.39, 0.29) is 47.5 Å². The first-order valence-electron chi connectivity index (χ1n) is 9.52. The van der Waals surface area contributed by atoms with Crippen molar-refractivity contribution in [1.82, 2.24) is 5.16 Å². The number of aromatic nitrogens is 1. The third kappa shape index (κ3) is 5.42. The summed E-state index contributed by atoms with van der Waals surface area (Å²) in [7, 11) is 1.20. The van der Waals surface area contributed by atoms with E-state index in [2.05, 4.69) is 15.2 Å². The van der Waals surface area contributed by atoms with Gasteiger partial charge in [0.05, 0.1) is 13.7 Å². The lowest BCUT2D eigenvalue weighted by Crippen LogP contribution is -2.13. The molecule has 1 aromatic heterocycles. The number of esters is 1. The number of carboxylic acid groups (broad SMARTS) is 1. The predicted octanol–water partition coefficient (Wildman–Crippen LogP) is 3.33. The Morgan fingerprint density at radius 3 is 2.62 bits per heavy atom. The van der Waals surface area contributed by atoms with E-state index in [0.29, 0.717) is 17.7 Å². The first-order valence-corrected chi connectivity index (χ1v) is 9.52. The highest BCUT2D eigenvalue weighted by Crippen LogP contribution is 2.28. The maximum absolute atomic E-state index is 12.2. The van der Waals surface area contributed by atoms with Gasteiger partial charge in [-0.05, 0) is 30.7 Å². The van der Waals surface area contributed by atoms with Gasteiger partial charge >= 0.3 is 11.9 Å². The quantitative estimate of drug-likeness (QED) is 0.336. The third-order valence-electron chi connectivity index (χ3n) is 4.36. The number of ether oxygens (including phenoxy) is 2. The summed E-state index contributed by atoms with van der Waals surface area (Å²) < 4.78 is 15.2. The van der Waals surface area contributed by atoms with Gasteiger partial charge in [-0.15, -0.1) is 0 Å². The maximum atomic E-state index is 12.2. The monoisotopic (exact) mass is 440 g/mol. The molecule has 0 atom stereocenters. The van der Waals surface area contributed by atoms with Gasteiger partial charge < -0.3 is 29.5 Å². The number of carboxylic acids is 1. The van der Waals surface area contributed by atoms with Crippen molar-refractivity contribution in [2.45, 2.75) is 12.8 Å². The summed E-state index contributed by atoms with van der Waals surface area (Å²) in [5.41, 5.74) is 0.777. The van der Waals surface area contributed by atoms with E-state index in [1.54, 1.807) is 24.3 Å². The molecule has 166 valence electrons. The van der Waals surface area contributed by atoms with Crippen molar-refractivity contribution in [3.05, 3.63) is 59.8 Å². The molecular weight excluding hydrogens is 420 g/mol. The minimum absolute atomic E-state index is 0.0743. The average molecular weight is 440 g/mol. The highest BCUT2D eigenvalue weighted by atomic mass is 16.5. The lowest BCUT2D eigenvalue weighted by molar-refractivity contribution is -0.116. The number of methoxy groups -OCH3 is 1. The van der Waals surface area contributed by atoms with Gasteiger partial charge in [0.1, 0.15) is 17.1 Å². The molecule has 0 aliphatic heterocycles. The number of phenols is 1. The second-order valence-corrected chi connectivity index (χ2v) is 6.60. The molecule has 0 radical (unpaired) electrons. The van der Waals surface area contributed by atoms with Crippen LogP contribution in [0.1, 0.15) is 33.7 Å². The molecule has 10 heteroatoms. The summed E-state index contributed by atoms with van der Waals surface area (Å²) in [5.74, 6) is -2.01. The van der Waals surface area contributed by atoms with Crippen LogP contribution >= 0.6 is 0 Å². The predicted molar refractivity (Wildman–Crippen MR) is 112 cm³/mol. The number of amides is 1. The Morgan fingerprint density at radius 1 is 1.12 bits per heavy atom. The Bertz CT molecular complexity index is 1140. The smallest absolute Gasteiger partial charge is 0.358 e. The van der Waals surface area contributed by atoms with E-state index in [4.69, 9.17) is 14.4 Å². The van der Waals surface area contributed by atoms with Gasteiger partial charge in [-0.3, -0.25) is 4.79 Å². The Hall–Kier alpha value is -4.34. The summed E-state index contributed by atoms with van der Waals surface area (Å²) in [6.07, 6.45) is 0.494. The molecule has 0 fully saturated rings. The van der Waals surface area contributed by atoms with Gasteiger partial charge in [-0.25, -0.2) is 9.59 Å². The molecular formula is C22H20N2O8. The lowest BCUT2D eigenvalue weighted by atomic mass is 10.1. The fourth-order valence-corrected chi connectivity index (χ4v) is 2.85. The standard InChI is InChI=1S/C22H20N2O8/c1-30-22(29)20-16(25)7-3-8-17(20)31-10-4-9-19(26)23-14-6-2-5-13(11-14)18-12-15(21(27)28)24-32-18/h2-3,5-8,11-12,25H,4,9-10H2,1H3,(H,23,26)(H,27,28). The zero-order valence-electron chi connectivity index (χ0n) is 17.0. The number of aromatic hydroxyl groups is 1. The molecule has 3 aromatic rings. The van der Waals surface area contributed by atoms with E-state index >= 15 is 0 Å². The van der Waals surface area contributed by atoms with E-state index in [1.165, 1.54) is 31.4 Å². The van der Waals surface area contributed by atoms with E-state index in [0.717, 1.165) is 0 Å². The number of hydrogen-bond donors (Lipinski definition) is 3. The molecule has 10 nitrogen and oxygen atoms in total. The maximum Gasteiger partial charge on any atom is 0.358 e. The molecule has 2 aromatic carbocycles. The van der Waals surface area contributed by atoms with Gasteiger partial charge in [0.25, 0.3) is 0 Å². The molecule has 0 aliphatic rings. The minimum Gasteiger partial charge on any atom is -0.507 e. The minimum atomic E-state index is -1.20. The average Bonchev–Trinajstić information content (AvgIpc) is 3.27. The molecule has 0 unspecified atom stereocenters. The van der Waals surface area contributed by atoms with Crippen LogP contribution in [-0.2, 0) is 9.53 Å². The first-order chi connectivity index (χ1) is 15.4. The van der Waals surface area contributed by atoms with E-state index < -0.39 is 11.9 Å². The van der Waals surface area contributed by atoms with Crippen LogP contribution in [0.2, 0.25) is 0 Å². The van der Waals surface area contributed by atoms with Crippen LogP contribution < -0.4 is 10.1 Å². The second kappa shape index (κ2) is 10.1. The molecule has 0 saturated heterocycles. The number of carbonyl (C=O) groups is 3. The highest BCUT2D eigenvalue weighted by molar-refractivity contribution is 5.95. The van der Waals surface area contributed by atoms with Crippen LogP contribution in [0, 0.1) is 0 Å². The Kier molecular flexibility index (Phi) is 7.06. The Balaban J connectivity index is 1.53. The summed E-state index contributed by atoms with van der Waals surface area (Å²) in [5, 5.41) is 25.0. The SMILES string of the molecule is COC(=O)c1c(O)cccc1OCCCC(=O)Nc1cccc(-c2cc(C(=O)O)no2)c1. The molecule has 32 heavy (non-hydrogen) atoms. The van der Waals surface area contributed by atoms with Crippen molar-refractivity contribution >= 4 is 23.5 Å². The Morgan fingerprint density at radius 2 is 1.91 bits per heavy atom. The normalized spacial score (nSPS) is 10.4.